The molecule has 90 valence electrons. The van der Waals surface area contributed by atoms with Crippen molar-refractivity contribution in [2.75, 3.05) is 6.54 Å². The van der Waals surface area contributed by atoms with Crippen LogP contribution in [0.2, 0.25) is 0 Å². The van der Waals surface area contributed by atoms with Crippen LogP contribution in [0.25, 0.3) is 0 Å². The van der Waals surface area contributed by atoms with Crippen molar-refractivity contribution in [1.29, 1.82) is 0 Å². The van der Waals surface area contributed by atoms with Crippen LogP contribution in [-0.2, 0) is 4.74 Å². The first-order valence-electron chi connectivity index (χ1n) is 4.73. The molecule has 0 bridgehead atoms. The molecule has 0 aliphatic heterocycles. The number of alkyl carbamates (subject to hydrolysis) is 1. The van der Waals surface area contributed by atoms with Crippen LogP contribution >= 0.6 is 0 Å². The Morgan fingerprint density at radius 3 is 2.40 bits per heavy atom. The molecule has 0 saturated carbocycles. The van der Waals surface area contributed by atoms with E-state index in [-0.39, 0.29) is 13.0 Å². The number of nitrogens with two attached hydrogens (primary N) is 1. The van der Waals surface area contributed by atoms with Crippen LogP contribution in [0.5, 0.6) is 0 Å². The molecular formula is C9H18F2N2O2. The number of carbonyl (C=O) groups excluding carboxylic acids is 1. The van der Waals surface area contributed by atoms with Crippen molar-refractivity contribution >= 4 is 6.09 Å². The van der Waals surface area contributed by atoms with Crippen LogP contribution < -0.4 is 11.1 Å². The molecule has 0 aliphatic rings. The summed E-state index contributed by atoms with van der Waals surface area (Å²) in [6.45, 7) is 5.24. The van der Waals surface area contributed by atoms with Crippen LogP contribution in [0.4, 0.5) is 13.6 Å². The van der Waals surface area contributed by atoms with Crippen LogP contribution in [0.3, 0.4) is 0 Å². The third-order valence-corrected chi connectivity index (χ3v) is 1.47. The van der Waals surface area contributed by atoms with Crippen LogP contribution in [0.15, 0.2) is 0 Å². The minimum absolute atomic E-state index is 0.0247. The maximum absolute atomic E-state index is 12.0. The standard InChI is InChI=1S/C9H18F2N2O2/c1-9(2,3)15-8(14)13-5-4-6(12)7(10)11/h6-7H,4-5,12H2,1-3H3,(H,13,14)/t6-/m0/s1. The molecule has 0 aromatic heterocycles. The molecule has 0 aromatic rings. The lowest BCUT2D eigenvalue weighted by atomic mass is 10.2. The smallest absolute Gasteiger partial charge is 0.407 e. The van der Waals surface area contributed by atoms with Crippen molar-refractivity contribution < 1.29 is 18.3 Å². The van der Waals surface area contributed by atoms with Crippen molar-refractivity contribution in [3.05, 3.63) is 0 Å². The molecule has 15 heavy (non-hydrogen) atoms. The maximum Gasteiger partial charge on any atom is 0.407 e. The molecule has 3 N–H and O–H groups in total. The van der Waals surface area contributed by atoms with Gasteiger partial charge in [0.15, 0.2) is 0 Å². The summed E-state index contributed by atoms with van der Waals surface area (Å²) < 4.78 is 28.8. The summed E-state index contributed by atoms with van der Waals surface area (Å²) in [6.07, 6.45) is -3.16. The largest absolute Gasteiger partial charge is 0.444 e. The molecule has 1 amide bonds. The summed E-state index contributed by atoms with van der Waals surface area (Å²) in [4.78, 5) is 11.0. The Hall–Kier alpha value is -0.910. The predicted octanol–water partition coefficient (Wildman–Crippen LogP) is 1.49. The van der Waals surface area contributed by atoms with Crippen molar-refractivity contribution in [2.45, 2.75) is 45.3 Å². The SMILES string of the molecule is CC(C)(C)OC(=O)NCC[C@H](N)C(F)F. The highest BCUT2D eigenvalue weighted by Gasteiger charge is 2.17. The number of alkyl halides is 2. The van der Waals surface area contributed by atoms with Gasteiger partial charge >= 0.3 is 6.09 Å². The average Bonchev–Trinajstić information content (AvgIpc) is 2.00. The average molecular weight is 224 g/mol. The minimum atomic E-state index is -2.56. The van der Waals surface area contributed by atoms with Gasteiger partial charge in [0.05, 0.1) is 6.04 Å². The van der Waals surface area contributed by atoms with Gasteiger partial charge < -0.3 is 15.8 Å². The van der Waals surface area contributed by atoms with Crippen LogP contribution in [0, 0.1) is 0 Å². The Morgan fingerprint density at radius 1 is 1.47 bits per heavy atom. The highest BCUT2D eigenvalue weighted by atomic mass is 19.3. The van der Waals surface area contributed by atoms with E-state index in [1.54, 1.807) is 20.8 Å². The van der Waals surface area contributed by atoms with E-state index in [2.05, 4.69) is 5.32 Å². The summed E-state index contributed by atoms with van der Waals surface area (Å²) >= 11 is 0. The first kappa shape index (κ1) is 14.1. The molecule has 0 spiro atoms. The highest BCUT2D eigenvalue weighted by Crippen LogP contribution is 2.06. The zero-order valence-corrected chi connectivity index (χ0v) is 9.22. The predicted molar refractivity (Wildman–Crippen MR) is 52.8 cm³/mol. The Morgan fingerprint density at radius 2 is 2.00 bits per heavy atom. The second-order valence-electron chi connectivity index (χ2n) is 4.22. The molecule has 4 nitrogen and oxygen atoms in total. The third kappa shape index (κ3) is 8.11. The van der Waals surface area contributed by atoms with Gasteiger partial charge in [-0.3, -0.25) is 0 Å². The number of halogens is 2. The quantitative estimate of drug-likeness (QED) is 0.760. The summed E-state index contributed by atoms with van der Waals surface area (Å²) in [5.74, 6) is 0. The molecule has 0 fully saturated rings. The van der Waals surface area contributed by atoms with Crippen LogP contribution in [-0.4, -0.2) is 30.7 Å². The number of hydrogen-bond donors (Lipinski definition) is 2. The summed E-state index contributed by atoms with van der Waals surface area (Å²) in [5, 5.41) is 2.35. The van der Waals surface area contributed by atoms with E-state index in [9.17, 15) is 13.6 Å². The molecule has 0 saturated heterocycles. The van der Waals surface area contributed by atoms with E-state index in [0.29, 0.717) is 0 Å². The van der Waals surface area contributed by atoms with Gasteiger partial charge in [0, 0.05) is 6.54 Å². The minimum Gasteiger partial charge on any atom is -0.444 e. The van der Waals surface area contributed by atoms with Crippen LogP contribution in [0.1, 0.15) is 27.2 Å². The number of rotatable bonds is 4. The number of hydrogen-bond acceptors (Lipinski definition) is 3. The second-order valence-corrected chi connectivity index (χ2v) is 4.22. The fraction of sp³-hybridized carbons (Fsp3) is 0.889. The molecule has 0 rings (SSSR count). The maximum atomic E-state index is 12.0. The molecule has 6 heteroatoms. The molecule has 0 aromatic carbocycles. The molecule has 0 unspecified atom stereocenters. The van der Waals surface area contributed by atoms with Gasteiger partial charge in [-0.2, -0.15) is 0 Å². The number of amides is 1. The Balaban J connectivity index is 3.65. The monoisotopic (exact) mass is 224 g/mol. The van der Waals surface area contributed by atoms with Gasteiger partial charge in [0.2, 0.25) is 0 Å². The van der Waals surface area contributed by atoms with Crippen molar-refractivity contribution in [3.8, 4) is 0 Å². The Labute approximate surface area is 88.2 Å². The summed E-state index contributed by atoms with van der Waals surface area (Å²) in [6, 6.07) is -1.21. The Bertz CT molecular complexity index is 205. The fourth-order valence-electron chi connectivity index (χ4n) is 0.781. The van der Waals surface area contributed by atoms with Crippen molar-refractivity contribution in [3.63, 3.8) is 0 Å². The van der Waals surface area contributed by atoms with E-state index in [0.717, 1.165) is 0 Å². The number of ether oxygens (including phenoxy) is 1. The lowest BCUT2D eigenvalue weighted by Crippen LogP contribution is -2.37. The Kier molecular flexibility index (Phi) is 5.49. The van der Waals surface area contributed by atoms with Crippen molar-refractivity contribution in [2.24, 2.45) is 5.73 Å². The van der Waals surface area contributed by atoms with E-state index in [4.69, 9.17) is 10.5 Å². The molecule has 0 radical (unpaired) electrons. The fourth-order valence-corrected chi connectivity index (χ4v) is 0.781. The van der Waals surface area contributed by atoms with E-state index >= 15 is 0 Å². The lowest BCUT2D eigenvalue weighted by molar-refractivity contribution is 0.0517. The molecule has 1 atom stereocenters. The lowest BCUT2D eigenvalue weighted by Gasteiger charge is -2.20. The second kappa shape index (κ2) is 5.85. The van der Waals surface area contributed by atoms with E-state index in [1.165, 1.54) is 0 Å². The third-order valence-electron chi connectivity index (χ3n) is 1.47. The van der Waals surface area contributed by atoms with Gasteiger partial charge in [0.25, 0.3) is 6.43 Å². The summed E-state index contributed by atoms with van der Waals surface area (Å²) in [5.41, 5.74) is 4.50. The first-order chi connectivity index (χ1) is 6.72. The van der Waals surface area contributed by atoms with Gasteiger partial charge in [-0.15, -0.1) is 0 Å². The van der Waals surface area contributed by atoms with E-state index in [1.807, 2.05) is 0 Å². The van der Waals surface area contributed by atoms with Gasteiger partial charge in [0.1, 0.15) is 5.60 Å². The topological polar surface area (TPSA) is 64.3 Å². The zero-order valence-electron chi connectivity index (χ0n) is 9.22. The normalized spacial score (nSPS) is 13.8. The van der Waals surface area contributed by atoms with Gasteiger partial charge in [-0.05, 0) is 27.2 Å². The van der Waals surface area contributed by atoms with Crippen molar-refractivity contribution in [1.82, 2.24) is 5.32 Å². The van der Waals surface area contributed by atoms with Gasteiger partial charge in [-0.1, -0.05) is 0 Å². The van der Waals surface area contributed by atoms with Gasteiger partial charge in [-0.25, -0.2) is 13.6 Å². The number of nitrogens with one attached hydrogen (secondary N) is 1. The molecule has 0 aliphatic carbocycles. The highest BCUT2D eigenvalue weighted by molar-refractivity contribution is 5.67. The molecular weight excluding hydrogens is 206 g/mol. The molecule has 0 heterocycles. The summed E-state index contributed by atoms with van der Waals surface area (Å²) in [7, 11) is 0. The number of carbonyl (C=O) groups is 1. The van der Waals surface area contributed by atoms with E-state index < -0.39 is 24.2 Å². The zero-order chi connectivity index (χ0) is 12.1. The first-order valence-corrected chi connectivity index (χ1v) is 4.73.